The Bertz CT molecular complexity index is 1140. The van der Waals surface area contributed by atoms with Crippen molar-refractivity contribution in [3.8, 4) is 0 Å². The Balaban J connectivity index is 0.000000398. The summed E-state index contributed by atoms with van der Waals surface area (Å²) in [4.78, 5) is 37.9. The summed E-state index contributed by atoms with van der Waals surface area (Å²) < 4.78 is 2.08. The molecule has 5 rings (SSSR count). The van der Waals surface area contributed by atoms with Crippen molar-refractivity contribution in [1.29, 1.82) is 0 Å². The Morgan fingerprint density at radius 2 is 1.44 bits per heavy atom. The van der Waals surface area contributed by atoms with Gasteiger partial charge in [-0.1, -0.05) is 36.4 Å². The molecule has 0 spiro atoms. The minimum absolute atomic E-state index is 0.135. The molecule has 0 radical (unpaired) electrons. The Morgan fingerprint density at radius 3 is 1.94 bits per heavy atom. The molecule has 3 aromatic rings. The average Bonchev–Trinajstić information content (AvgIpc) is 3.27. The number of amides is 1. The lowest BCUT2D eigenvalue weighted by atomic mass is 9.69. The van der Waals surface area contributed by atoms with Gasteiger partial charge in [0.2, 0.25) is 5.91 Å². The number of benzene rings is 1. The van der Waals surface area contributed by atoms with Crippen LogP contribution < -0.4 is 5.73 Å². The van der Waals surface area contributed by atoms with Crippen LogP contribution in [0, 0.1) is 0 Å². The van der Waals surface area contributed by atoms with Crippen LogP contribution in [0.4, 0.5) is 0 Å². The Morgan fingerprint density at radius 1 is 0.889 bits per heavy atom. The van der Waals surface area contributed by atoms with E-state index in [-0.39, 0.29) is 11.3 Å². The van der Waals surface area contributed by atoms with Crippen LogP contribution in [0.5, 0.6) is 0 Å². The van der Waals surface area contributed by atoms with E-state index < -0.39 is 17.5 Å². The molecule has 36 heavy (non-hydrogen) atoms. The summed E-state index contributed by atoms with van der Waals surface area (Å²) in [5, 5.41) is 14.8. The molecule has 0 atom stereocenters. The second-order valence-corrected chi connectivity index (χ2v) is 9.38. The molecule has 1 aromatic carbocycles. The molecule has 1 aliphatic heterocycles. The Hall–Kier alpha value is -3.72. The summed E-state index contributed by atoms with van der Waals surface area (Å²) in [6, 6.07) is 16.7. The standard InChI is InChI=1S/C23H26N4O.2C2H4O2/c24-23(10-6-11-23)21(28)26-15-12-22(13-16-26,18-7-2-1-3-8-18)19-17-27-14-5-4-9-20(27)25-19;2*1-2(3)4/h1-5,7-9,14,17H,6,10-13,15-16,24H2;2*1H3,(H,3,4). The molecular weight excluding hydrogens is 460 g/mol. The molecule has 0 unspecified atom stereocenters. The first-order chi connectivity index (χ1) is 17.1. The van der Waals surface area contributed by atoms with Crippen molar-refractivity contribution in [3.05, 3.63) is 72.2 Å². The van der Waals surface area contributed by atoms with E-state index in [0.29, 0.717) is 0 Å². The van der Waals surface area contributed by atoms with Crippen molar-refractivity contribution in [2.24, 2.45) is 5.73 Å². The lowest BCUT2D eigenvalue weighted by Crippen LogP contribution is -2.61. The van der Waals surface area contributed by atoms with Gasteiger partial charge in [0.25, 0.3) is 11.9 Å². The summed E-state index contributed by atoms with van der Waals surface area (Å²) in [5.41, 5.74) is 8.84. The average molecular weight is 495 g/mol. The third kappa shape index (κ3) is 6.09. The highest BCUT2D eigenvalue weighted by Gasteiger charge is 2.46. The van der Waals surface area contributed by atoms with Gasteiger partial charge in [-0.2, -0.15) is 0 Å². The zero-order valence-corrected chi connectivity index (χ0v) is 20.8. The fraction of sp³-hybridized carbons (Fsp3) is 0.407. The first kappa shape index (κ1) is 26.9. The number of pyridine rings is 1. The van der Waals surface area contributed by atoms with Gasteiger partial charge in [-0.3, -0.25) is 14.4 Å². The molecule has 2 aliphatic rings. The second kappa shape index (κ2) is 11.3. The summed E-state index contributed by atoms with van der Waals surface area (Å²) >= 11 is 0. The molecule has 2 aromatic heterocycles. The van der Waals surface area contributed by atoms with Crippen molar-refractivity contribution in [3.63, 3.8) is 0 Å². The van der Waals surface area contributed by atoms with E-state index in [1.54, 1.807) is 0 Å². The lowest BCUT2D eigenvalue weighted by Gasteiger charge is -2.46. The molecule has 9 heteroatoms. The molecule has 3 heterocycles. The van der Waals surface area contributed by atoms with Gasteiger partial charge in [0.1, 0.15) is 5.65 Å². The van der Waals surface area contributed by atoms with Crippen LogP contribution in [0.3, 0.4) is 0 Å². The number of hydrogen-bond acceptors (Lipinski definition) is 5. The molecule has 192 valence electrons. The fourth-order valence-electron chi connectivity index (χ4n) is 4.79. The number of likely N-dealkylation sites (tertiary alicyclic amines) is 1. The van der Waals surface area contributed by atoms with Crippen LogP contribution >= 0.6 is 0 Å². The number of fused-ring (bicyclic) bond motifs is 1. The van der Waals surface area contributed by atoms with Gasteiger partial charge >= 0.3 is 0 Å². The van der Waals surface area contributed by atoms with Crippen LogP contribution in [-0.4, -0.2) is 61.0 Å². The molecule has 1 amide bonds. The molecule has 1 aliphatic carbocycles. The number of hydrogen-bond donors (Lipinski definition) is 3. The third-order valence-corrected chi connectivity index (χ3v) is 6.76. The number of aromatic nitrogens is 2. The zero-order valence-electron chi connectivity index (χ0n) is 20.8. The molecule has 9 nitrogen and oxygen atoms in total. The van der Waals surface area contributed by atoms with Crippen molar-refractivity contribution in [1.82, 2.24) is 14.3 Å². The smallest absolute Gasteiger partial charge is 0.300 e. The highest BCUT2D eigenvalue weighted by molar-refractivity contribution is 5.87. The molecule has 2 fully saturated rings. The maximum atomic E-state index is 12.9. The first-order valence-electron chi connectivity index (χ1n) is 12.0. The SMILES string of the molecule is CC(=O)O.CC(=O)O.NC1(C(=O)N2CCC(c3ccccc3)(c3cn4ccccc4n3)CC2)CCC1. The van der Waals surface area contributed by atoms with E-state index in [9.17, 15) is 4.79 Å². The monoisotopic (exact) mass is 494 g/mol. The fourth-order valence-corrected chi connectivity index (χ4v) is 4.79. The van der Waals surface area contributed by atoms with Gasteiger partial charge < -0.3 is 25.2 Å². The molecule has 0 bridgehead atoms. The van der Waals surface area contributed by atoms with Gasteiger partial charge in [0.05, 0.1) is 11.2 Å². The molecule has 1 saturated heterocycles. The third-order valence-electron chi connectivity index (χ3n) is 6.76. The summed E-state index contributed by atoms with van der Waals surface area (Å²) in [6.45, 7) is 3.61. The van der Waals surface area contributed by atoms with E-state index in [2.05, 4.69) is 34.9 Å². The van der Waals surface area contributed by atoms with Crippen LogP contribution in [0.2, 0.25) is 0 Å². The van der Waals surface area contributed by atoms with E-state index >= 15 is 0 Å². The Kier molecular flexibility index (Phi) is 8.47. The van der Waals surface area contributed by atoms with Crippen LogP contribution in [0.1, 0.15) is 57.2 Å². The van der Waals surface area contributed by atoms with Gasteiger partial charge in [-0.05, 0) is 49.8 Å². The topological polar surface area (TPSA) is 138 Å². The predicted molar refractivity (Wildman–Crippen MR) is 136 cm³/mol. The predicted octanol–water partition coefficient (Wildman–Crippen LogP) is 3.31. The zero-order chi connectivity index (χ0) is 26.3. The minimum atomic E-state index is -0.833. The lowest BCUT2D eigenvalue weighted by molar-refractivity contribution is -0.141. The summed E-state index contributed by atoms with van der Waals surface area (Å²) in [6.07, 6.45) is 8.61. The number of imidazole rings is 1. The van der Waals surface area contributed by atoms with Gasteiger partial charge in [-0.15, -0.1) is 0 Å². The first-order valence-corrected chi connectivity index (χ1v) is 12.0. The summed E-state index contributed by atoms with van der Waals surface area (Å²) in [5.74, 6) is -1.53. The maximum absolute atomic E-state index is 12.9. The molecule has 1 saturated carbocycles. The van der Waals surface area contributed by atoms with Crippen molar-refractivity contribution < 1.29 is 24.6 Å². The summed E-state index contributed by atoms with van der Waals surface area (Å²) in [7, 11) is 0. The van der Waals surface area contributed by atoms with Crippen LogP contribution in [0.25, 0.3) is 5.65 Å². The number of aliphatic carboxylic acids is 2. The minimum Gasteiger partial charge on any atom is -0.481 e. The normalized spacial score (nSPS) is 17.5. The van der Waals surface area contributed by atoms with Crippen molar-refractivity contribution >= 4 is 23.5 Å². The highest BCUT2D eigenvalue weighted by Crippen LogP contribution is 2.42. The number of carboxylic acid groups (broad SMARTS) is 2. The number of nitrogens with zero attached hydrogens (tertiary/aromatic N) is 3. The quantitative estimate of drug-likeness (QED) is 0.508. The number of carbonyl (C=O) groups is 3. The van der Waals surface area contributed by atoms with Gasteiger partial charge in [-0.25, -0.2) is 4.98 Å². The largest absolute Gasteiger partial charge is 0.481 e. The number of nitrogens with two attached hydrogens (primary N) is 1. The number of carbonyl (C=O) groups excluding carboxylic acids is 1. The maximum Gasteiger partial charge on any atom is 0.300 e. The van der Waals surface area contributed by atoms with Gasteiger partial charge in [0, 0.05) is 44.7 Å². The second-order valence-electron chi connectivity index (χ2n) is 9.38. The van der Waals surface area contributed by atoms with E-state index in [1.165, 1.54) is 5.56 Å². The van der Waals surface area contributed by atoms with Crippen molar-refractivity contribution in [2.75, 3.05) is 13.1 Å². The highest BCUT2D eigenvalue weighted by atomic mass is 16.4. The van der Waals surface area contributed by atoms with Crippen LogP contribution in [0.15, 0.2) is 60.9 Å². The number of rotatable bonds is 3. The molecular formula is C27H34N4O5. The van der Waals surface area contributed by atoms with Crippen LogP contribution in [-0.2, 0) is 19.8 Å². The Labute approximate surface area is 210 Å². The molecule has 4 N–H and O–H groups in total. The van der Waals surface area contributed by atoms with Crippen molar-refractivity contribution in [2.45, 2.75) is 56.9 Å². The van der Waals surface area contributed by atoms with E-state index in [0.717, 1.165) is 70.4 Å². The van der Waals surface area contributed by atoms with E-state index in [4.69, 9.17) is 30.5 Å². The number of carboxylic acids is 2. The van der Waals surface area contributed by atoms with E-state index in [1.807, 2.05) is 35.4 Å². The number of piperidine rings is 1. The van der Waals surface area contributed by atoms with Gasteiger partial charge in [0.15, 0.2) is 0 Å².